The number of hydrogen-bond donors (Lipinski definition) is 2. The molecule has 1 amide bonds. The maximum atomic E-state index is 12.0. The average Bonchev–Trinajstić information content (AvgIpc) is 2.78. The van der Waals surface area contributed by atoms with E-state index in [0.717, 1.165) is 31.7 Å². The molecule has 4 heteroatoms. The molecule has 17 heavy (non-hydrogen) atoms. The van der Waals surface area contributed by atoms with Crippen molar-refractivity contribution >= 4 is 18.3 Å². The van der Waals surface area contributed by atoms with Crippen molar-refractivity contribution in [1.82, 2.24) is 10.6 Å². The molecule has 3 nitrogen and oxygen atoms in total. The van der Waals surface area contributed by atoms with Crippen LogP contribution in [-0.2, 0) is 4.79 Å². The van der Waals surface area contributed by atoms with Crippen LogP contribution in [0.3, 0.4) is 0 Å². The molecular weight excluding hydrogens is 236 g/mol. The van der Waals surface area contributed by atoms with E-state index in [-0.39, 0.29) is 24.4 Å². The zero-order valence-electron chi connectivity index (χ0n) is 10.9. The number of carbonyl (C=O) groups excluding carboxylic acids is 1. The van der Waals surface area contributed by atoms with Gasteiger partial charge < -0.3 is 10.6 Å². The predicted molar refractivity (Wildman–Crippen MR) is 72.4 cm³/mol. The van der Waals surface area contributed by atoms with Crippen molar-refractivity contribution in [1.29, 1.82) is 0 Å². The quantitative estimate of drug-likeness (QED) is 0.799. The molecule has 1 saturated heterocycles. The molecule has 2 fully saturated rings. The molecule has 2 N–H and O–H groups in total. The number of nitrogens with one attached hydrogen (secondary N) is 2. The number of hydrogen-bond acceptors (Lipinski definition) is 2. The molecule has 0 aromatic heterocycles. The van der Waals surface area contributed by atoms with Crippen molar-refractivity contribution in [2.75, 3.05) is 6.54 Å². The largest absolute Gasteiger partial charge is 0.352 e. The van der Waals surface area contributed by atoms with Gasteiger partial charge in [0.2, 0.25) is 5.91 Å². The molecule has 2 rings (SSSR count). The SMILES string of the molecule is CC1CCCC(NC(=O)[C@@H]2CCCN2)C1C.Cl. The van der Waals surface area contributed by atoms with Gasteiger partial charge in [0.25, 0.3) is 0 Å². The van der Waals surface area contributed by atoms with Crippen LogP contribution in [0.4, 0.5) is 0 Å². The Hall–Kier alpha value is -0.280. The molecule has 0 aromatic rings. The molecule has 1 aliphatic heterocycles. The van der Waals surface area contributed by atoms with Gasteiger partial charge in [-0.15, -0.1) is 12.4 Å². The summed E-state index contributed by atoms with van der Waals surface area (Å²) in [7, 11) is 0. The molecule has 100 valence electrons. The van der Waals surface area contributed by atoms with E-state index in [0.29, 0.717) is 12.0 Å². The van der Waals surface area contributed by atoms with Crippen LogP contribution in [0, 0.1) is 11.8 Å². The van der Waals surface area contributed by atoms with Gasteiger partial charge in [0.1, 0.15) is 0 Å². The van der Waals surface area contributed by atoms with Crippen LogP contribution < -0.4 is 10.6 Å². The van der Waals surface area contributed by atoms with E-state index in [2.05, 4.69) is 24.5 Å². The van der Waals surface area contributed by atoms with Gasteiger partial charge in [-0.2, -0.15) is 0 Å². The fraction of sp³-hybridized carbons (Fsp3) is 0.923. The first kappa shape index (κ1) is 14.8. The second-order valence-corrected chi connectivity index (χ2v) is 5.53. The molecular formula is C13H25ClN2O. The summed E-state index contributed by atoms with van der Waals surface area (Å²) >= 11 is 0. The van der Waals surface area contributed by atoms with E-state index in [9.17, 15) is 4.79 Å². The minimum Gasteiger partial charge on any atom is -0.352 e. The van der Waals surface area contributed by atoms with Crippen LogP contribution in [0.25, 0.3) is 0 Å². The third-order valence-electron chi connectivity index (χ3n) is 4.41. The van der Waals surface area contributed by atoms with Gasteiger partial charge in [0.05, 0.1) is 6.04 Å². The topological polar surface area (TPSA) is 41.1 Å². The van der Waals surface area contributed by atoms with Crippen molar-refractivity contribution in [2.24, 2.45) is 11.8 Å². The van der Waals surface area contributed by atoms with Crippen molar-refractivity contribution in [3.8, 4) is 0 Å². The van der Waals surface area contributed by atoms with E-state index >= 15 is 0 Å². The third-order valence-corrected chi connectivity index (χ3v) is 4.41. The van der Waals surface area contributed by atoms with Crippen molar-refractivity contribution in [3.63, 3.8) is 0 Å². The standard InChI is InChI=1S/C13H24N2O.ClH/c1-9-5-3-6-11(10(9)2)15-13(16)12-7-4-8-14-12;/h9-12,14H,3-8H2,1-2H3,(H,15,16);1H/t9?,10?,11?,12-;/m0./s1. The lowest BCUT2D eigenvalue weighted by atomic mass is 9.78. The second kappa shape index (κ2) is 6.60. The van der Waals surface area contributed by atoms with Gasteiger partial charge in [0.15, 0.2) is 0 Å². The Morgan fingerprint density at radius 2 is 1.94 bits per heavy atom. The van der Waals surface area contributed by atoms with E-state index in [4.69, 9.17) is 0 Å². The van der Waals surface area contributed by atoms with Gasteiger partial charge in [-0.25, -0.2) is 0 Å². The van der Waals surface area contributed by atoms with Crippen LogP contribution in [0.5, 0.6) is 0 Å². The van der Waals surface area contributed by atoms with E-state index in [1.54, 1.807) is 0 Å². The second-order valence-electron chi connectivity index (χ2n) is 5.53. The van der Waals surface area contributed by atoms with Crippen molar-refractivity contribution < 1.29 is 4.79 Å². The van der Waals surface area contributed by atoms with E-state index in [1.807, 2.05) is 0 Å². The van der Waals surface area contributed by atoms with Gasteiger partial charge in [-0.05, 0) is 37.6 Å². The molecule has 1 aliphatic carbocycles. The number of halogens is 1. The van der Waals surface area contributed by atoms with Crippen LogP contribution in [0.2, 0.25) is 0 Å². The van der Waals surface area contributed by atoms with Crippen LogP contribution in [-0.4, -0.2) is 24.5 Å². The number of amides is 1. The minimum atomic E-state index is 0. The molecule has 2 aliphatic rings. The maximum Gasteiger partial charge on any atom is 0.237 e. The molecule has 4 atom stereocenters. The van der Waals surface area contributed by atoms with Crippen LogP contribution in [0.1, 0.15) is 46.0 Å². The number of rotatable bonds is 2. The summed E-state index contributed by atoms with van der Waals surface area (Å²) in [6.07, 6.45) is 5.87. The van der Waals surface area contributed by atoms with Crippen LogP contribution >= 0.6 is 12.4 Å². The Morgan fingerprint density at radius 3 is 2.59 bits per heavy atom. The Bertz CT molecular complexity index is 254. The normalized spacial score (nSPS) is 37.3. The maximum absolute atomic E-state index is 12.0. The van der Waals surface area contributed by atoms with Gasteiger partial charge in [-0.1, -0.05) is 26.7 Å². The average molecular weight is 261 g/mol. The van der Waals surface area contributed by atoms with Gasteiger partial charge >= 0.3 is 0 Å². The third kappa shape index (κ3) is 3.59. The minimum absolute atomic E-state index is 0. The summed E-state index contributed by atoms with van der Waals surface area (Å²) < 4.78 is 0. The van der Waals surface area contributed by atoms with Gasteiger partial charge in [0, 0.05) is 6.04 Å². The Labute approximate surface area is 111 Å². The fourth-order valence-electron chi connectivity index (χ4n) is 2.98. The highest BCUT2D eigenvalue weighted by molar-refractivity contribution is 5.85. The molecule has 0 spiro atoms. The molecule has 0 bridgehead atoms. The first-order valence-electron chi connectivity index (χ1n) is 6.72. The Kier molecular flexibility index (Phi) is 5.74. The molecule has 1 heterocycles. The highest BCUT2D eigenvalue weighted by atomic mass is 35.5. The lowest BCUT2D eigenvalue weighted by Gasteiger charge is -2.35. The zero-order chi connectivity index (χ0) is 11.5. The highest BCUT2D eigenvalue weighted by Gasteiger charge is 2.30. The van der Waals surface area contributed by atoms with E-state index in [1.165, 1.54) is 12.8 Å². The van der Waals surface area contributed by atoms with Crippen molar-refractivity contribution in [3.05, 3.63) is 0 Å². The summed E-state index contributed by atoms with van der Waals surface area (Å²) in [6, 6.07) is 0.475. The summed E-state index contributed by atoms with van der Waals surface area (Å²) in [6.45, 7) is 5.57. The molecule has 1 saturated carbocycles. The summed E-state index contributed by atoms with van der Waals surface area (Å²) in [5, 5.41) is 6.50. The van der Waals surface area contributed by atoms with Crippen molar-refractivity contribution in [2.45, 2.75) is 58.0 Å². The smallest absolute Gasteiger partial charge is 0.237 e. The van der Waals surface area contributed by atoms with Gasteiger partial charge in [-0.3, -0.25) is 4.79 Å². The molecule has 0 aromatic carbocycles. The lowest BCUT2D eigenvalue weighted by molar-refractivity contribution is -0.124. The monoisotopic (exact) mass is 260 g/mol. The Balaban J connectivity index is 0.00000144. The molecule has 0 radical (unpaired) electrons. The zero-order valence-corrected chi connectivity index (χ0v) is 11.7. The first-order chi connectivity index (χ1) is 7.68. The summed E-state index contributed by atoms with van der Waals surface area (Å²) in [5.74, 6) is 1.60. The van der Waals surface area contributed by atoms with E-state index < -0.39 is 0 Å². The summed E-state index contributed by atoms with van der Waals surface area (Å²) in [5.41, 5.74) is 0. The number of carbonyl (C=O) groups is 1. The first-order valence-corrected chi connectivity index (χ1v) is 6.72. The Morgan fingerprint density at radius 1 is 1.18 bits per heavy atom. The molecule has 3 unspecified atom stereocenters. The van der Waals surface area contributed by atoms with Crippen LogP contribution in [0.15, 0.2) is 0 Å². The highest BCUT2D eigenvalue weighted by Crippen LogP contribution is 2.29. The summed E-state index contributed by atoms with van der Waals surface area (Å²) in [4.78, 5) is 12.0. The lowest BCUT2D eigenvalue weighted by Crippen LogP contribution is -2.49. The predicted octanol–water partition coefficient (Wildman–Crippen LogP) is 2.10. The fourth-order valence-corrected chi connectivity index (χ4v) is 2.98.